The van der Waals surface area contributed by atoms with Crippen LogP contribution in [0.25, 0.3) is 10.9 Å². The van der Waals surface area contributed by atoms with Gasteiger partial charge in [-0.05, 0) is 68.1 Å². The second kappa shape index (κ2) is 16.0. The first-order valence-corrected chi connectivity index (χ1v) is 15.2. The third kappa shape index (κ3) is 8.95. The molecule has 1 aliphatic rings. The van der Waals surface area contributed by atoms with E-state index in [0.29, 0.717) is 64.7 Å². The van der Waals surface area contributed by atoms with Gasteiger partial charge in [-0.2, -0.15) is 0 Å². The quantitative estimate of drug-likeness (QED) is 0.0710. The number of carbonyl (C=O) groups is 3. The van der Waals surface area contributed by atoms with Gasteiger partial charge in [0.1, 0.15) is 11.2 Å². The van der Waals surface area contributed by atoms with Crippen molar-refractivity contribution in [3.8, 4) is 23.0 Å². The van der Waals surface area contributed by atoms with Gasteiger partial charge in [0, 0.05) is 46.5 Å². The van der Waals surface area contributed by atoms with Crippen LogP contribution in [-0.4, -0.2) is 60.5 Å². The summed E-state index contributed by atoms with van der Waals surface area (Å²) in [5.41, 5.74) is -0.0321. The number of hydrogen-bond donors (Lipinski definition) is 3. The fourth-order valence-electron chi connectivity index (χ4n) is 4.93. The van der Waals surface area contributed by atoms with E-state index in [0.717, 1.165) is 25.3 Å². The minimum absolute atomic E-state index is 0. The number of unbranched alkanes of at least 4 members (excludes halogenated alkanes) is 3. The van der Waals surface area contributed by atoms with Crippen LogP contribution < -0.4 is 24.8 Å². The van der Waals surface area contributed by atoms with E-state index < -0.39 is 29.0 Å². The van der Waals surface area contributed by atoms with Gasteiger partial charge < -0.3 is 30.0 Å². The predicted molar refractivity (Wildman–Crippen MR) is 179 cm³/mol. The van der Waals surface area contributed by atoms with E-state index in [2.05, 4.69) is 15.6 Å². The molecule has 242 valence electrons. The first-order chi connectivity index (χ1) is 22.2. The summed E-state index contributed by atoms with van der Waals surface area (Å²) >= 11 is 5.99. The average Bonchev–Trinajstić information content (AvgIpc) is 3.84. The van der Waals surface area contributed by atoms with E-state index in [1.54, 1.807) is 42.5 Å². The van der Waals surface area contributed by atoms with Crippen molar-refractivity contribution in [2.75, 3.05) is 24.4 Å². The predicted octanol–water partition coefficient (Wildman–Crippen LogP) is 6.95. The second-order valence-electron chi connectivity index (χ2n) is 11.0. The van der Waals surface area contributed by atoms with Gasteiger partial charge in [-0.25, -0.2) is 4.39 Å². The first kappa shape index (κ1) is 35.5. The molecule has 0 atom stereocenters. The summed E-state index contributed by atoms with van der Waals surface area (Å²) in [6.07, 6.45) is 5.46. The standard InChI is InChI=1S/C34H33ClFN3O7.Li.H/c1-44-29-19-24-26(20-30(29)45-16-5-3-2-4-9-31(40)41)37-15-12-27(24)46-28-11-10-23(18-25(28)36)39-33(43)34(13-14-34)32(42)38-22-8-6-7-21(35)17-22;;/h6-8,10-12,15,17-20H,2-5,9,13-14,16H2,1H3,(H,38,42)(H,39,43)(H,40,41);;. The molecule has 0 spiro atoms. The van der Waals surface area contributed by atoms with E-state index >= 15 is 4.39 Å². The van der Waals surface area contributed by atoms with Crippen LogP contribution in [0.1, 0.15) is 44.9 Å². The zero-order valence-corrected chi connectivity index (χ0v) is 25.9. The maximum absolute atomic E-state index is 15.2. The molecular weight excluding hydrogens is 624 g/mol. The molecule has 2 amide bonds. The minimum atomic E-state index is -1.24. The van der Waals surface area contributed by atoms with E-state index in [1.165, 1.54) is 25.4 Å². The number of hydrogen-bond acceptors (Lipinski definition) is 7. The molecule has 5 rings (SSSR count). The molecule has 3 aromatic carbocycles. The van der Waals surface area contributed by atoms with E-state index in [4.69, 9.17) is 30.9 Å². The molecule has 1 aliphatic carbocycles. The number of carboxylic acid groups (broad SMARTS) is 1. The number of pyridine rings is 1. The number of benzene rings is 3. The van der Waals surface area contributed by atoms with Gasteiger partial charge in [-0.3, -0.25) is 19.4 Å². The van der Waals surface area contributed by atoms with Crippen molar-refractivity contribution in [2.24, 2.45) is 5.41 Å². The van der Waals surface area contributed by atoms with Crippen LogP contribution in [0, 0.1) is 11.2 Å². The van der Waals surface area contributed by atoms with Gasteiger partial charge in [-0.1, -0.05) is 30.5 Å². The van der Waals surface area contributed by atoms with Crippen LogP contribution in [0.5, 0.6) is 23.0 Å². The van der Waals surface area contributed by atoms with Crippen molar-refractivity contribution in [1.29, 1.82) is 0 Å². The molecule has 0 bridgehead atoms. The van der Waals surface area contributed by atoms with Gasteiger partial charge >= 0.3 is 24.8 Å². The van der Waals surface area contributed by atoms with Crippen molar-refractivity contribution >= 4 is 70.5 Å². The SMILES string of the molecule is COc1cc2c(Oc3ccc(NC(=O)C4(C(=O)Nc5cccc(Cl)c5)CC4)cc3F)ccnc2cc1OCCCCCCC(=O)O.[LiH]. The topological polar surface area (TPSA) is 136 Å². The van der Waals surface area contributed by atoms with Crippen LogP contribution in [0.2, 0.25) is 5.02 Å². The van der Waals surface area contributed by atoms with Crippen molar-refractivity contribution in [1.82, 2.24) is 4.98 Å². The van der Waals surface area contributed by atoms with Crippen LogP contribution in [0.3, 0.4) is 0 Å². The van der Waals surface area contributed by atoms with Crippen LogP contribution in [-0.2, 0) is 14.4 Å². The molecule has 0 aliphatic heterocycles. The number of amides is 2. The van der Waals surface area contributed by atoms with E-state index in [-0.39, 0.29) is 36.7 Å². The number of nitrogens with zero attached hydrogens (tertiary/aromatic N) is 1. The fourth-order valence-corrected chi connectivity index (χ4v) is 5.12. The first-order valence-electron chi connectivity index (χ1n) is 14.9. The summed E-state index contributed by atoms with van der Waals surface area (Å²) in [6.45, 7) is 0.424. The summed E-state index contributed by atoms with van der Waals surface area (Å²) in [6, 6.07) is 15.7. The zero-order chi connectivity index (χ0) is 32.7. The Balaban J connectivity index is 0.00000500. The molecule has 0 radical (unpaired) electrons. The summed E-state index contributed by atoms with van der Waals surface area (Å²) in [7, 11) is 1.51. The van der Waals surface area contributed by atoms with E-state index in [1.807, 2.05) is 0 Å². The molecule has 47 heavy (non-hydrogen) atoms. The number of carboxylic acids is 1. The van der Waals surface area contributed by atoms with Gasteiger partial charge in [0.15, 0.2) is 23.1 Å². The Morgan fingerprint density at radius 2 is 1.62 bits per heavy atom. The molecule has 13 heteroatoms. The second-order valence-corrected chi connectivity index (χ2v) is 11.4. The normalized spacial score (nSPS) is 12.8. The average molecular weight is 658 g/mol. The molecule has 1 saturated carbocycles. The monoisotopic (exact) mass is 657 g/mol. The Morgan fingerprint density at radius 1 is 0.894 bits per heavy atom. The molecule has 10 nitrogen and oxygen atoms in total. The number of aromatic nitrogens is 1. The van der Waals surface area contributed by atoms with Gasteiger partial charge in [0.25, 0.3) is 0 Å². The molecule has 3 N–H and O–H groups in total. The van der Waals surface area contributed by atoms with Gasteiger partial charge in [0.2, 0.25) is 11.8 Å². The van der Waals surface area contributed by atoms with Gasteiger partial charge in [-0.15, -0.1) is 0 Å². The zero-order valence-electron chi connectivity index (χ0n) is 25.1. The maximum atomic E-state index is 15.2. The number of halogens is 2. The Kier molecular flexibility index (Phi) is 12.1. The number of nitrogens with one attached hydrogen (secondary N) is 2. The summed E-state index contributed by atoms with van der Waals surface area (Å²) in [5, 5.41) is 15.2. The van der Waals surface area contributed by atoms with Crippen LogP contribution in [0.15, 0.2) is 66.9 Å². The van der Waals surface area contributed by atoms with Crippen molar-refractivity contribution < 1.29 is 38.1 Å². The molecule has 1 fully saturated rings. The third-order valence-electron chi connectivity index (χ3n) is 7.64. The van der Waals surface area contributed by atoms with Crippen molar-refractivity contribution in [3.63, 3.8) is 0 Å². The van der Waals surface area contributed by atoms with Gasteiger partial charge in [0.05, 0.1) is 19.2 Å². The molecule has 0 saturated heterocycles. The number of carbonyl (C=O) groups excluding carboxylic acids is 2. The molecule has 4 aromatic rings. The Hall–Kier alpha value is -4.30. The molecule has 0 unspecified atom stereocenters. The number of methoxy groups -OCH3 is 1. The number of rotatable bonds is 15. The summed E-state index contributed by atoms with van der Waals surface area (Å²) in [4.78, 5) is 41.0. The number of fused-ring (bicyclic) bond motifs is 1. The number of aliphatic carboxylic acids is 1. The van der Waals surface area contributed by atoms with Crippen molar-refractivity contribution in [3.05, 3.63) is 77.7 Å². The Labute approximate surface area is 288 Å². The molecule has 1 heterocycles. The number of ether oxygens (including phenoxy) is 3. The molecular formula is C34H34ClFLiN3O7. The summed E-state index contributed by atoms with van der Waals surface area (Å²) in [5.74, 6) is -1.29. The Bertz CT molecular complexity index is 1770. The third-order valence-corrected chi connectivity index (χ3v) is 7.88. The van der Waals surface area contributed by atoms with Crippen molar-refractivity contribution in [2.45, 2.75) is 44.9 Å². The molecule has 1 aromatic heterocycles. The summed E-state index contributed by atoms with van der Waals surface area (Å²) < 4.78 is 32.6. The Morgan fingerprint density at radius 3 is 2.28 bits per heavy atom. The number of anilines is 2. The van der Waals surface area contributed by atoms with E-state index in [9.17, 15) is 14.4 Å². The van der Waals surface area contributed by atoms with Crippen LogP contribution in [0.4, 0.5) is 15.8 Å². The fraction of sp³-hybridized carbons (Fsp3) is 0.294. The van der Waals surface area contributed by atoms with Crippen LogP contribution >= 0.6 is 11.6 Å².